The number of nitrogen functional groups attached to an aromatic ring is 1. The van der Waals surface area contributed by atoms with Gasteiger partial charge in [-0.05, 0) is 142 Å². The number of carboxylic acids is 5. The molecule has 9 rings (SSSR count). The number of aryl methyl sites for hydroxylation is 1. The average molecular weight is 1130 g/mol. The minimum Gasteiger partial charge on any atom is -0.507 e. The van der Waals surface area contributed by atoms with Crippen LogP contribution in [0.15, 0.2) is 117 Å². The number of benzene rings is 5. The fourth-order valence-corrected chi connectivity index (χ4v) is 14.5. The number of phenolic OH excluding ortho intramolecular Hbond substituents is 1. The Bertz CT molecular complexity index is 3820. The standard InChI is InChI=1S/C60H58N6O15Si/c1-31-20-33(4-8-37(31)54-39-10-6-35(61)22-48(39)82(2,3)49-23-36(62)7-11-40(49)54)58(77)63-24-32-16-18-66(19-17-32)59(78)34-5-9-38(43(21-34)60(79)80)55-41-12-14-46(67)44(25-64(27-50(69)70)28-51(71)72)56(41)81-57-42(55)13-15-47(68)45(57)26-65(29-52(73)74)30-53(75)76/h4-15,20-23,32,61,67H,16-19,24-30,62H2,1-3H3,(H,63,77)(H,69,70)(H,71,72)(H,73,74)(H,75,76)(H,79,80). The first-order chi connectivity index (χ1) is 38.9. The maximum Gasteiger partial charge on any atom is 0.336 e. The topological polar surface area (TPSA) is 343 Å². The van der Waals surface area contributed by atoms with Gasteiger partial charge in [-0.25, -0.2) is 4.79 Å². The van der Waals surface area contributed by atoms with Crippen LogP contribution < -0.4 is 21.7 Å². The van der Waals surface area contributed by atoms with E-state index < -0.39 is 94.3 Å². The van der Waals surface area contributed by atoms with Gasteiger partial charge in [0.2, 0.25) is 0 Å². The molecule has 4 aromatic carbocycles. The number of amides is 2. The normalized spacial score (nSPS) is 14.9. The smallest absolute Gasteiger partial charge is 0.336 e. The van der Waals surface area contributed by atoms with Crippen molar-refractivity contribution in [2.45, 2.75) is 45.9 Å². The molecule has 82 heavy (non-hydrogen) atoms. The molecule has 1 fully saturated rings. The lowest BCUT2D eigenvalue weighted by atomic mass is 9.87. The number of aliphatic carboxylic acids is 4. The third-order valence-electron chi connectivity index (χ3n) is 15.3. The largest absolute Gasteiger partial charge is 0.507 e. The average Bonchev–Trinajstić information content (AvgIpc) is 3.58. The van der Waals surface area contributed by atoms with Crippen molar-refractivity contribution in [2.24, 2.45) is 5.92 Å². The number of likely N-dealkylation sites (tertiary alicyclic amines) is 1. The summed E-state index contributed by atoms with van der Waals surface area (Å²) in [5.74, 6) is -8.61. The van der Waals surface area contributed by atoms with Crippen LogP contribution >= 0.6 is 0 Å². The zero-order valence-electron chi connectivity index (χ0n) is 44.9. The molecule has 1 saturated heterocycles. The van der Waals surface area contributed by atoms with Gasteiger partial charge in [0.25, 0.3) is 11.8 Å². The van der Waals surface area contributed by atoms with Gasteiger partial charge in [-0.1, -0.05) is 37.4 Å². The summed E-state index contributed by atoms with van der Waals surface area (Å²) in [6.07, 6.45) is 6.81. The highest BCUT2D eigenvalue weighted by molar-refractivity contribution is 6.98. The number of piperidine rings is 1. The van der Waals surface area contributed by atoms with Crippen LogP contribution in [0.3, 0.4) is 0 Å². The Kier molecular flexibility index (Phi) is 16.0. The number of carbonyl (C=O) groups excluding carboxylic acids is 2. The van der Waals surface area contributed by atoms with Gasteiger partial charge in [0.05, 0.1) is 48.6 Å². The van der Waals surface area contributed by atoms with E-state index in [0.29, 0.717) is 36.3 Å². The zero-order chi connectivity index (χ0) is 59.1. The number of fused-ring (bicyclic) bond motifs is 4. The second-order valence-corrected chi connectivity index (χ2v) is 25.6. The van der Waals surface area contributed by atoms with Gasteiger partial charge < -0.3 is 56.4 Å². The van der Waals surface area contributed by atoms with Crippen molar-refractivity contribution in [1.82, 2.24) is 20.0 Å². The van der Waals surface area contributed by atoms with Gasteiger partial charge >= 0.3 is 29.8 Å². The predicted molar refractivity (Wildman–Crippen MR) is 305 cm³/mol. The Hall–Kier alpha value is -9.51. The number of nitrogens with two attached hydrogens (primary N) is 1. The van der Waals surface area contributed by atoms with Crippen molar-refractivity contribution in [1.29, 1.82) is 5.41 Å². The van der Waals surface area contributed by atoms with Crippen molar-refractivity contribution < 1.29 is 68.6 Å². The van der Waals surface area contributed by atoms with Crippen LogP contribution in [0.25, 0.3) is 39.0 Å². The molecular formula is C60H58N6O15Si. The molecule has 0 radical (unpaired) electrons. The van der Waals surface area contributed by atoms with Crippen LogP contribution in [0.4, 0.5) is 5.69 Å². The first-order valence-electron chi connectivity index (χ1n) is 26.1. The number of allylic oxidation sites excluding steroid dienone is 5. The molecule has 2 amide bonds. The van der Waals surface area contributed by atoms with Crippen LogP contribution in [0.1, 0.15) is 71.7 Å². The van der Waals surface area contributed by atoms with Gasteiger partial charge in [0.15, 0.2) is 5.43 Å². The Balaban J connectivity index is 0.969. The van der Waals surface area contributed by atoms with E-state index in [1.807, 2.05) is 43.3 Å². The molecule has 5 aliphatic rings. The van der Waals surface area contributed by atoms with Crippen molar-refractivity contribution in [3.8, 4) is 28.2 Å². The van der Waals surface area contributed by atoms with E-state index in [9.17, 15) is 69.0 Å². The number of carboxylic acid groups (broad SMARTS) is 5. The summed E-state index contributed by atoms with van der Waals surface area (Å²) in [6.45, 7) is 3.00. The van der Waals surface area contributed by atoms with Gasteiger partial charge in [0, 0.05) is 66.1 Å². The fourth-order valence-electron chi connectivity index (χ4n) is 11.4. The van der Waals surface area contributed by atoms with Crippen LogP contribution in [-0.2, 0) is 32.3 Å². The molecule has 2 aliphatic carbocycles. The predicted octanol–water partition coefficient (Wildman–Crippen LogP) is 5.87. The molecule has 0 aromatic heterocycles. The number of anilines is 1. The van der Waals surface area contributed by atoms with Crippen LogP contribution in [0.2, 0.25) is 13.1 Å². The molecule has 0 saturated carbocycles. The number of phenols is 1. The van der Waals surface area contributed by atoms with Crippen molar-refractivity contribution in [2.75, 3.05) is 51.5 Å². The molecule has 21 nitrogen and oxygen atoms in total. The number of nitrogens with zero attached hydrogens (tertiary/aromatic N) is 3. The Labute approximate surface area is 469 Å². The number of hydrogen-bond donors (Lipinski definition) is 9. The highest BCUT2D eigenvalue weighted by atomic mass is 28.3. The van der Waals surface area contributed by atoms with E-state index in [0.717, 1.165) is 48.9 Å². The molecule has 422 valence electrons. The monoisotopic (exact) mass is 1130 g/mol. The highest BCUT2D eigenvalue weighted by Crippen LogP contribution is 2.46. The Morgan fingerprint density at radius 1 is 0.732 bits per heavy atom. The van der Waals surface area contributed by atoms with Crippen molar-refractivity contribution in [3.63, 3.8) is 0 Å². The number of aromatic hydroxyl groups is 1. The molecule has 0 spiro atoms. The fraction of sp³-hybridized carbons (Fsp3) is 0.250. The van der Waals surface area contributed by atoms with Crippen molar-refractivity contribution in [3.05, 3.63) is 163 Å². The van der Waals surface area contributed by atoms with E-state index in [4.69, 9.17) is 15.6 Å². The molecule has 3 heterocycles. The lowest BCUT2D eigenvalue weighted by Crippen LogP contribution is -2.49. The summed E-state index contributed by atoms with van der Waals surface area (Å²) in [5.41, 5.74) is 11.3. The van der Waals surface area contributed by atoms with Crippen LogP contribution in [-0.4, -0.2) is 147 Å². The summed E-state index contributed by atoms with van der Waals surface area (Å²) in [4.78, 5) is 106. The lowest BCUT2D eigenvalue weighted by Gasteiger charge is -2.38. The van der Waals surface area contributed by atoms with Gasteiger partial charge in [0.1, 0.15) is 25.2 Å². The van der Waals surface area contributed by atoms with E-state index in [-0.39, 0.29) is 80.6 Å². The minimum atomic E-state index is -2.22. The SMILES string of the molecule is Cc1cc(C(=O)NCC2CCN(C(=O)c3ccc(-c4c5ccc(=O)c(CN(CC(=O)O)CC(=O)O)c-5oc5c(CN(CC(=O)O)CC(=O)O)c(O)ccc45)c(C(=O)O)c3)CC2)ccc1C1=C2C=CC(=N)C=C2[Si](C)(C)c2cc(N)ccc21. The van der Waals surface area contributed by atoms with Gasteiger partial charge in [-0.3, -0.25) is 43.4 Å². The third-order valence-corrected chi connectivity index (χ3v) is 18.8. The minimum absolute atomic E-state index is 0.00703. The number of nitrogens with one attached hydrogen (secondary N) is 2. The molecule has 0 bridgehead atoms. The molecule has 0 atom stereocenters. The lowest BCUT2D eigenvalue weighted by molar-refractivity contribution is -0.144. The summed E-state index contributed by atoms with van der Waals surface area (Å²) < 4.78 is 6.38. The van der Waals surface area contributed by atoms with E-state index in [1.165, 1.54) is 41.6 Å². The maximum absolute atomic E-state index is 14.2. The summed E-state index contributed by atoms with van der Waals surface area (Å²) >= 11 is 0. The molecule has 3 aliphatic heterocycles. The summed E-state index contributed by atoms with van der Waals surface area (Å²) in [6, 6.07) is 20.7. The van der Waals surface area contributed by atoms with Crippen LogP contribution in [0.5, 0.6) is 5.75 Å². The number of carbonyl (C=O) groups is 7. The maximum atomic E-state index is 14.2. The molecule has 4 aromatic rings. The Morgan fingerprint density at radius 2 is 1.33 bits per heavy atom. The summed E-state index contributed by atoms with van der Waals surface area (Å²) in [7, 11) is -2.22. The van der Waals surface area contributed by atoms with E-state index in [2.05, 4.69) is 24.5 Å². The van der Waals surface area contributed by atoms with Gasteiger partial charge in [-0.15, -0.1) is 0 Å². The van der Waals surface area contributed by atoms with E-state index >= 15 is 0 Å². The number of hydrogen-bond acceptors (Lipinski definition) is 14. The third kappa shape index (κ3) is 11.6. The van der Waals surface area contributed by atoms with Crippen molar-refractivity contribution >= 4 is 82.9 Å². The Morgan fingerprint density at radius 3 is 1.95 bits per heavy atom. The molecule has 22 heteroatoms. The zero-order valence-corrected chi connectivity index (χ0v) is 45.9. The quantitative estimate of drug-likeness (QED) is 0.0260. The molecule has 10 N–H and O–H groups in total. The highest BCUT2D eigenvalue weighted by Gasteiger charge is 2.40. The molecule has 0 unspecified atom stereocenters. The second kappa shape index (κ2) is 22.9. The first-order valence-corrected chi connectivity index (χ1v) is 29.1. The molecular weight excluding hydrogens is 1070 g/mol. The van der Waals surface area contributed by atoms with Gasteiger partial charge in [-0.2, -0.15) is 0 Å². The second-order valence-electron chi connectivity index (χ2n) is 21.3. The van der Waals surface area contributed by atoms with E-state index in [1.54, 1.807) is 17.0 Å². The first kappa shape index (κ1) is 57.2. The summed E-state index contributed by atoms with van der Waals surface area (Å²) in [5, 5.41) is 74.6. The number of aromatic carboxylic acids is 1. The number of rotatable bonds is 19. The van der Waals surface area contributed by atoms with Crippen LogP contribution in [0, 0.1) is 18.3 Å².